The Balaban J connectivity index is 1.47. The van der Waals surface area contributed by atoms with Gasteiger partial charge in [-0.25, -0.2) is 0 Å². The summed E-state index contributed by atoms with van der Waals surface area (Å²) < 4.78 is 0. The Labute approximate surface area is 246 Å². The Bertz CT molecular complexity index is 1460. The van der Waals surface area contributed by atoms with Gasteiger partial charge in [0.2, 0.25) is 5.91 Å². The normalized spacial score (nSPS) is 15.7. The SMILES string of the molecule is CCC(c1ccc2c(c1)N(Cc1ccc(C(=O)N3CC=CC3)cc1)C(=O)CN(C(=O)c1ccc(Cl)cc1)C2)N(C)C. The molecule has 1 unspecified atom stereocenters. The van der Waals surface area contributed by atoms with Crippen LogP contribution in [0.2, 0.25) is 5.02 Å². The van der Waals surface area contributed by atoms with Gasteiger partial charge in [0.05, 0.1) is 6.54 Å². The molecular formula is C33H35ClN4O3. The molecule has 2 heterocycles. The van der Waals surface area contributed by atoms with E-state index in [1.165, 1.54) is 0 Å². The molecule has 0 saturated heterocycles. The van der Waals surface area contributed by atoms with Gasteiger partial charge >= 0.3 is 0 Å². The van der Waals surface area contributed by atoms with Crippen molar-refractivity contribution >= 4 is 35.0 Å². The van der Waals surface area contributed by atoms with Crippen LogP contribution in [0.1, 0.15) is 56.8 Å². The number of halogens is 1. The number of hydrogen-bond donors (Lipinski definition) is 0. The van der Waals surface area contributed by atoms with Crippen molar-refractivity contribution < 1.29 is 14.4 Å². The molecule has 0 bridgehead atoms. The number of hydrogen-bond acceptors (Lipinski definition) is 4. The topological polar surface area (TPSA) is 64.2 Å². The highest BCUT2D eigenvalue weighted by Crippen LogP contribution is 2.33. The summed E-state index contributed by atoms with van der Waals surface area (Å²) in [5.41, 5.74) is 4.85. The number of carbonyl (C=O) groups excluding carboxylic acids is 3. The molecule has 0 saturated carbocycles. The molecule has 212 valence electrons. The maximum Gasteiger partial charge on any atom is 0.254 e. The standard InChI is InChI=1S/C33H35ClN4O3/c1-4-29(35(2)3)26-11-12-27-21-37(33(41)25-13-15-28(34)16-14-25)22-31(39)38(30(27)19-26)20-23-7-9-24(10-8-23)32(40)36-17-5-6-18-36/h5-16,19,29H,4,17-18,20-22H2,1-3H3. The van der Waals surface area contributed by atoms with E-state index in [0.717, 1.165) is 28.8 Å². The molecule has 5 rings (SSSR count). The highest BCUT2D eigenvalue weighted by molar-refractivity contribution is 6.30. The van der Waals surface area contributed by atoms with Crippen LogP contribution in [-0.2, 0) is 17.9 Å². The van der Waals surface area contributed by atoms with Crippen molar-refractivity contribution in [2.75, 3.05) is 38.6 Å². The molecule has 3 aromatic rings. The quantitative estimate of drug-likeness (QED) is 0.349. The van der Waals surface area contributed by atoms with Crippen LogP contribution >= 0.6 is 11.6 Å². The van der Waals surface area contributed by atoms with E-state index in [9.17, 15) is 14.4 Å². The molecule has 2 aliphatic heterocycles. The second kappa shape index (κ2) is 12.3. The van der Waals surface area contributed by atoms with Gasteiger partial charge in [0, 0.05) is 47.5 Å². The molecule has 0 fully saturated rings. The van der Waals surface area contributed by atoms with Crippen LogP contribution < -0.4 is 4.90 Å². The zero-order valence-electron chi connectivity index (χ0n) is 23.7. The summed E-state index contributed by atoms with van der Waals surface area (Å²) in [4.78, 5) is 47.4. The van der Waals surface area contributed by atoms with Crippen molar-refractivity contribution in [2.45, 2.75) is 32.5 Å². The molecule has 1 atom stereocenters. The summed E-state index contributed by atoms with van der Waals surface area (Å²) in [6.45, 7) is 3.99. The van der Waals surface area contributed by atoms with Gasteiger partial charge in [-0.1, -0.05) is 54.9 Å². The fourth-order valence-electron chi connectivity index (χ4n) is 5.57. The van der Waals surface area contributed by atoms with Gasteiger partial charge in [0.15, 0.2) is 0 Å². The Kier molecular flexibility index (Phi) is 8.57. The summed E-state index contributed by atoms with van der Waals surface area (Å²) in [5.74, 6) is -0.386. The molecule has 3 amide bonds. The average Bonchev–Trinajstić information content (AvgIpc) is 3.47. The maximum atomic E-state index is 13.8. The predicted molar refractivity (Wildman–Crippen MR) is 162 cm³/mol. The van der Waals surface area contributed by atoms with Gasteiger partial charge in [-0.2, -0.15) is 0 Å². The third-order valence-electron chi connectivity index (χ3n) is 7.81. The lowest BCUT2D eigenvalue weighted by Crippen LogP contribution is -2.39. The fraction of sp³-hybridized carbons (Fsp3) is 0.303. The second-order valence-corrected chi connectivity index (χ2v) is 11.2. The van der Waals surface area contributed by atoms with E-state index in [1.54, 1.807) is 39.0 Å². The number of carbonyl (C=O) groups is 3. The minimum Gasteiger partial charge on any atom is -0.331 e. The third-order valence-corrected chi connectivity index (χ3v) is 8.06. The van der Waals surface area contributed by atoms with Gasteiger partial charge < -0.3 is 19.6 Å². The first-order valence-corrected chi connectivity index (χ1v) is 14.3. The van der Waals surface area contributed by atoms with Crippen LogP contribution in [0.3, 0.4) is 0 Å². The fourth-order valence-corrected chi connectivity index (χ4v) is 5.70. The molecule has 0 aromatic heterocycles. The third kappa shape index (κ3) is 6.21. The van der Waals surface area contributed by atoms with E-state index in [-0.39, 0.29) is 30.3 Å². The number of rotatable bonds is 7. The van der Waals surface area contributed by atoms with Crippen LogP contribution in [0.25, 0.3) is 0 Å². The first-order valence-electron chi connectivity index (χ1n) is 13.9. The molecule has 0 spiro atoms. The first-order chi connectivity index (χ1) is 19.7. The number of fused-ring (bicyclic) bond motifs is 1. The lowest BCUT2D eigenvalue weighted by atomic mass is 9.99. The predicted octanol–water partition coefficient (Wildman–Crippen LogP) is 5.55. The Morgan fingerprint density at radius 3 is 2.07 bits per heavy atom. The van der Waals surface area contributed by atoms with E-state index in [1.807, 2.05) is 42.5 Å². The second-order valence-electron chi connectivity index (χ2n) is 10.8. The van der Waals surface area contributed by atoms with Gasteiger partial charge in [0.25, 0.3) is 11.8 Å². The lowest BCUT2D eigenvalue weighted by Gasteiger charge is -2.27. The van der Waals surface area contributed by atoms with E-state index < -0.39 is 0 Å². The van der Waals surface area contributed by atoms with Crippen molar-refractivity contribution in [3.63, 3.8) is 0 Å². The highest BCUT2D eigenvalue weighted by atomic mass is 35.5. The monoisotopic (exact) mass is 570 g/mol. The highest BCUT2D eigenvalue weighted by Gasteiger charge is 2.30. The Morgan fingerprint density at radius 2 is 1.46 bits per heavy atom. The molecular weight excluding hydrogens is 536 g/mol. The van der Waals surface area contributed by atoms with Crippen LogP contribution in [-0.4, -0.2) is 66.2 Å². The molecule has 7 nitrogen and oxygen atoms in total. The number of benzene rings is 3. The van der Waals surface area contributed by atoms with Crippen LogP contribution in [0, 0.1) is 0 Å². The zero-order valence-corrected chi connectivity index (χ0v) is 24.5. The van der Waals surface area contributed by atoms with Crippen LogP contribution in [0.15, 0.2) is 78.9 Å². The molecule has 0 radical (unpaired) electrons. The summed E-state index contributed by atoms with van der Waals surface area (Å²) in [6.07, 6.45) is 4.90. The molecule has 2 aliphatic rings. The van der Waals surface area contributed by atoms with Gasteiger partial charge in [-0.3, -0.25) is 14.4 Å². The van der Waals surface area contributed by atoms with Crippen molar-refractivity contribution in [1.82, 2.24) is 14.7 Å². The minimum absolute atomic E-state index is 0.00645. The summed E-state index contributed by atoms with van der Waals surface area (Å²) >= 11 is 6.04. The van der Waals surface area contributed by atoms with Gasteiger partial charge in [0.1, 0.15) is 6.54 Å². The summed E-state index contributed by atoms with van der Waals surface area (Å²) in [6, 6.07) is 20.6. The molecule has 8 heteroatoms. The van der Waals surface area contributed by atoms with Gasteiger partial charge in [-0.05, 0) is 79.7 Å². The van der Waals surface area contributed by atoms with Crippen LogP contribution in [0.5, 0.6) is 0 Å². The Morgan fingerprint density at radius 1 is 0.854 bits per heavy atom. The van der Waals surface area contributed by atoms with Crippen molar-refractivity contribution in [2.24, 2.45) is 0 Å². The maximum absolute atomic E-state index is 13.8. The first kappa shape index (κ1) is 28.6. The van der Waals surface area contributed by atoms with Crippen molar-refractivity contribution in [3.8, 4) is 0 Å². The van der Waals surface area contributed by atoms with Gasteiger partial charge in [-0.15, -0.1) is 0 Å². The summed E-state index contributed by atoms with van der Waals surface area (Å²) in [7, 11) is 4.10. The number of anilines is 1. The lowest BCUT2D eigenvalue weighted by molar-refractivity contribution is -0.119. The number of amides is 3. The molecule has 3 aromatic carbocycles. The summed E-state index contributed by atoms with van der Waals surface area (Å²) in [5, 5.41) is 0.550. The smallest absolute Gasteiger partial charge is 0.254 e. The molecule has 0 aliphatic carbocycles. The largest absolute Gasteiger partial charge is 0.331 e. The Hall–Kier alpha value is -3.94. The average molecular weight is 571 g/mol. The van der Waals surface area contributed by atoms with Crippen LogP contribution in [0.4, 0.5) is 5.69 Å². The molecule has 0 N–H and O–H groups in total. The van der Waals surface area contributed by atoms with E-state index in [4.69, 9.17) is 11.6 Å². The van der Waals surface area contributed by atoms with E-state index in [0.29, 0.717) is 42.3 Å². The zero-order chi connectivity index (χ0) is 29.1. The number of nitrogens with zero attached hydrogens (tertiary/aromatic N) is 4. The van der Waals surface area contributed by atoms with E-state index in [2.05, 4.69) is 38.1 Å². The molecule has 41 heavy (non-hydrogen) atoms. The van der Waals surface area contributed by atoms with E-state index >= 15 is 0 Å². The minimum atomic E-state index is -0.217. The van der Waals surface area contributed by atoms with Crippen molar-refractivity contribution in [3.05, 3.63) is 112 Å². The van der Waals surface area contributed by atoms with Crippen molar-refractivity contribution in [1.29, 1.82) is 0 Å².